The van der Waals surface area contributed by atoms with Gasteiger partial charge in [0.25, 0.3) is 0 Å². The second-order valence-corrected chi connectivity index (χ2v) is 6.78. The van der Waals surface area contributed by atoms with Crippen LogP contribution < -0.4 is 5.32 Å². The highest BCUT2D eigenvalue weighted by Gasteiger charge is 2.32. The SMILES string of the molecule is CCc1nc(CNC(=O)N2CCCC2c2ccc(COC)o2)cs1. The maximum Gasteiger partial charge on any atom is 0.318 e. The monoisotopic (exact) mass is 349 g/mol. The van der Waals surface area contributed by atoms with E-state index in [1.165, 1.54) is 0 Å². The summed E-state index contributed by atoms with van der Waals surface area (Å²) in [5.41, 5.74) is 0.918. The molecule has 1 atom stereocenters. The number of nitrogens with one attached hydrogen (secondary N) is 1. The predicted molar refractivity (Wildman–Crippen MR) is 91.8 cm³/mol. The predicted octanol–water partition coefficient (Wildman–Crippen LogP) is 3.49. The summed E-state index contributed by atoms with van der Waals surface area (Å²) < 4.78 is 10.9. The van der Waals surface area contributed by atoms with Crippen molar-refractivity contribution >= 4 is 17.4 Å². The summed E-state index contributed by atoms with van der Waals surface area (Å²) in [6.45, 7) is 3.74. The van der Waals surface area contributed by atoms with E-state index < -0.39 is 0 Å². The summed E-state index contributed by atoms with van der Waals surface area (Å²) in [5, 5.41) is 6.08. The topological polar surface area (TPSA) is 67.6 Å². The number of amides is 2. The lowest BCUT2D eigenvalue weighted by molar-refractivity contribution is 0.156. The summed E-state index contributed by atoms with van der Waals surface area (Å²) in [5.74, 6) is 1.62. The standard InChI is InChI=1S/C17H23N3O3S/c1-3-16-19-12(11-24-16)9-18-17(21)20-8-4-5-14(20)15-7-6-13(23-15)10-22-2/h6-7,11,14H,3-5,8-10H2,1-2H3,(H,18,21). The third-order valence-electron chi connectivity index (χ3n) is 4.13. The smallest absolute Gasteiger partial charge is 0.318 e. The van der Waals surface area contributed by atoms with E-state index in [9.17, 15) is 4.79 Å². The molecule has 130 valence electrons. The van der Waals surface area contributed by atoms with Crippen LogP contribution in [0, 0.1) is 0 Å². The number of ether oxygens (including phenoxy) is 1. The van der Waals surface area contributed by atoms with Crippen molar-refractivity contribution in [2.45, 2.75) is 45.4 Å². The number of hydrogen-bond donors (Lipinski definition) is 1. The number of likely N-dealkylation sites (tertiary alicyclic amines) is 1. The average Bonchev–Trinajstić information content (AvgIpc) is 3.32. The maximum atomic E-state index is 12.5. The fraction of sp³-hybridized carbons (Fsp3) is 0.529. The van der Waals surface area contributed by atoms with Crippen molar-refractivity contribution in [2.24, 2.45) is 0 Å². The van der Waals surface area contributed by atoms with Gasteiger partial charge in [-0.2, -0.15) is 0 Å². The summed E-state index contributed by atoms with van der Waals surface area (Å²) in [6.07, 6.45) is 2.83. The molecule has 3 heterocycles. The molecular weight excluding hydrogens is 326 g/mol. The van der Waals surface area contributed by atoms with Gasteiger partial charge in [-0.05, 0) is 31.4 Å². The molecule has 0 aromatic carbocycles. The molecule has 0 bridgehead atoms. The molecule has 1 aliphatic heterocycles. The van der Waals surface area contributed by atoms with Gasteiger partial charge in [-0.25, -0.2) is 9.78 Å². The molecule has 1 aliphatic rings. The van der Waals surface area contributed by atoms with Crippen molar-refractivity contribution in [1.29, 1.82) is 0 Å². The second-order valence-electron chi connectivity index (χ2n) is 5.83. The Balaban J connectivity index is 1.60. The lowest BCUT2D eigenvalue weighted by atomic mass is 10.2. The number of hydrogen-bond acceptors (Lipinski definition) is 5. The van der Waals surface area contributed by atoms with Crippen LogP contribution in [0.4, 0.5) is 4.79 Å². The fourth-order valence-corrected chi connectivity index (χ4v) is 3.70. The van der Waals surface area contributed by atoms with Crippen LogP contribution in [0.15, 0.2) is 21.9 Å². The lowest BCUT2D eigenvalue weighted by Gasteiger charge is -2.23. The van der Waals surface area contributed by atoms with Crippen molar-refractivity contribution in [1.82, 2.24) is 15.2 Å². The number of methoxy groups -OCH3 is 1. The van der Waals surface area contributed by atoms with E-state index in [1.807, 2.05) is 22.4 Å². The number of furan rings is 1. The Morgan fingerprint density at radius 2 is 2.42 bits per heavy atom. The lowest BCUT2D eigenvalue weighted by Crippen LogP contribution is -2.39. The average molecular weight is 349 g/mol. The molecule has 0 aliphatic carbocycles. The Bertz CT molecular complexity index is 682. The van der Waals surface area contributed by atoms with Crippen molar-refractivity contribution < 1.29 is 13.9 Å². The Morgan fingerprint density at radius 1 is 1.54 bits per heavy atom. The molecule has 7 heteroatoms. The summed E-state index contributed by atoms with van der Waals surface area (Å²) in [4.78, 5) is 18.9. The molecule has 3 rings (SSSR count). The molecule has 0 radical (unpaired) electrons. The van der Waals surface area contributed by atoms with E-state index >= 15 is 0 Å². The third-order valence-corrected chi connectivity index (χ3v) is 5.18. The molecule has 6 nitrogen and oxygen atoms in total. The maximum absolute atomic E-state index is 12.5. The number of aryl methyl sites for hydroxylation is 1. The highest BCUT2D eigenvalue weighted by atomic mass is 32.1. The van der Waals surface area contributed by atoms with Gasteiger partial charge < -0.3 is 19.4 Å². The Morgan fingerprint density at radius 3 is 3.17 bits per heavy atom. The minimum absolute atomic E-state index is 0.00255. The molecule has 2 aromatic rings. The Labute approximate surface area is 145 Å². The van der Waals surface area contributed by atoms with Gasteiger partial charge in [0.15, 0.2) is 0 Å². The van der Waals surface area contributed by atoms with E-state index in [2.05, 4.69) is 17.2 Å². The van der Waals surface area contributed by atoms with E-state index in [1.54, 1.807) is 18.4 Å². The van der Waals surface area contributed by atoms with Gasteiger partial charge >= 0.3 is 6.03 Å². The first-order valence-electron chi connectivity index (χ1n) is 8.26. The zero-order valence-corrected chi connectivity index (χ0v) is 14.9. The molecule has 1 unspecified atom stereocenters. The molecule has 0 saturated carbocycles. The van der Waals surface area contributed by atoms with Gasteiger partial charge in [0.05, 0.1) is 23.3 Å². The number of carbonyl (C=O) groups is 1. The van der Waals surface area contributed by atoms with E-state index in [4.69, 9.17) is 9.15 Å². The molecular formula is C17H23N3O3S. The number of thiazole rings is 1. The zero-order chi connectivity index (χ0) is 16.9. The Kier molecular flexibility index (Phi) is 5.52. The zero-order valence-electron chi connectivity index (χ0n) is 14.1. The van der Waals surface area contributed by atoms with E-state index in [-0.39, 0.29) is 12.1 Å². The van der Waals surface area contributed by atoms with Gasteiger partial charge in [-0.1, -0.05) is 6.92 Å². The van der Waals surface area contributed by atoms with Crippen LogP contribution in [0.2, 0.25) is 0 Å². The first-order chi connectivity index (χ1) is 11.7. The second kappa shape index (κ2) is 7.81. The van der Waals surface area contributed by atoms with Crippen LogP contribution >= 0.6 is 11.3 Å². The number of carbonyl (C=O) groups excluding carboxylic acids is 1. The molecule has 2 amide bonds. The number of urea groups is 1. The van der Waals surface area contributed by atoms with Crippen molar-refractivity contribution in [3.8, 4) is 0 Å². The number of rotatable bonds is 6. The van der Waals surface area contributed by atoms with Crippen molar-refractivity contribution in [3.63, 3.8) is 0 Å². The van der Waals surface area contributed by atoms with Crippen LogP contribution in [0.25, 0.3) is 0 Å². The van der Waals surface area contributed by atoms with Crippen LogP contribution in [0.3, 0.4) is 0 Å². The number of nitrogens with zero attached hydrogens (tertiary/aromatic N) is 2. The minimum Gasteiger partial charge on any atom is -0.461 e. The summed E-state index contributed by atoms with van der Waals surface area (Å²) in [7, 11) is 1.64. The van der Waals surface area contributed by atoms with Gasteiger partial charge in [0, 0.05) is 19.0 Å². The minimum atomic E-state index is -0.0618. The first-order valence-corrected chi connectivity index (χ1v) is 9.14. The van der Waals surface area contributed by atoms with Crippen molar-refractivity contribution in [3.05, 3.63) is 39.7 Å². The van der Waals surface area contributed by atoms with Crippen LogP contribution in [-0.4, -0.2) is 29.6 Å². The van der Waals surface area contributed by atoms with Crippen molar-refractivity contribution in [2.75, 3.05) is 13.7 Å². The molecule has 0 spiro atoms. The molecule has 2 aromatic heterocycles. The highest BCUT2D eigenvalue weighted by molar-refractivity contribution is 7.09. The summed E-state index contributed by atoms with van der Waals surface area (Å²) in [6, 6.07) is 3.79. The van der Waals surface area contributed by atoms with Gasteiger partial charge in [-0.15, -0.1) is 11.3 Å². The summed E-state index contributed by atoms with van der Waals surface area (Å²) >= 11 is 1.64. The molecule has 1 N–H and O–H groups in total. The van der Waals surface area contributed by atoms with Crippen LogP contribution in [0.1, 0.15) is 48.0 Å². The number of aromatic nitrogens is 1. The van der Waals surface area contributed by atoms with E-state index in [0.717, 1.165) is 48.0 Å². The fourth-order valence-electron chi connectivity index (χ4n) is 2.96. The largest absolute Gasteiger partial charge is 0.461 e. The van der Waals surface area contributed by atoms with Crippen LogP contribution in [-0.2, 0) is 24.3 Å². The first kappa shape index (κ1) is 17.0. The molecule has 1 fully saturated rings. The highest BCUT2D eigenvalue weighted by Crippen LogP contribution is 2.33. The quantitative estimate of drug-likeness (QED) is 0.867. The van der Waals surface area contributed by atoms with Gasteiger partial charge in [0.2, 0.25) is 0 Å². The molecule has 1 saturated heterocycles. The molecule has 24 heavy (non-hydrogen) atoms. The Hall–Kier alpha value is -1.86. The normalized spacial score (nSPS) is 17.4. The van der Waals surface area contributed by atoms with Gasteiger partial charge in [0.1, 0.15) is 18.1 Å². The van der Waals surface area contributed by atoms with E-state index in [0.29, 0.717) is 13.2 Å². The van der Waals surface area contributed by atoms with Crippen LogP contribution in [0.5, 0.6) is 0 Å². The third kappa shape index (κ3) is 3.79. The van der Waals surface area contributed by atoms with Gasteiger partial charge in [-0.3, -0.25) is 0 Å².